The van der Waals surface area contributed by atoms with Gasteiger partial charge in [-0.25, -0.2) is 9.86 Å². The second kappa shape index (κ2) is 7.28. The Morgan fingerprint density at radius 3 is 2.57 bits per heavy atom. The van der Waals surface area contributed by atoms with Gasteiger partial charge in [-0.2, -0.15) is 0 Å². The van der Waals surface area contributed by atoms with E-state index in [4.69, 9.17) is 4.84 Å². The number of nitrogens with zero attached hydrogens (tertiary/aromatic N) is 1. The molecule has 0 saturated heterocycles. The van der Waals surface area contributed by atoms with E-state index < -0.39 is 5.69 Å². The first kappa shape index (κ1) is 15.6. The van der Waals surface area contributed by atoms with E-state index in [1.54, 1.807) is 5.06 Å². The number of aromatic amines is 2. The average Bonchev–Trinajstić information content (AvgIpc) is 3.07. The summed E-state index contributed by atoms with van der Waals surface area (Å²) in [5.74, 6) is 0.579. The van der Waals surface area contributed by atoms with Gasteiger partial charge >= 0.3 is 5.69 Å². The molecule has 2 N–H and O–H groups in total. The number of anilines is 1. The summed E-state index contributed by atoms with van der Waals surface area (Å²) in [5.41, 5.74) is 0.451. The van der Waals surface area contributed by atoms with Crippen molar-refractivity contribution in [3.05, 3.63) is 62.9 Å². The van der Waals surface area contributed by atoms with Gasteiger partial charge in [0.1, 0.15) is 0 Å². The molecule has 0 radical (unpaired) electrons. The smallest absolute Gasteiger partial charge is 0.314 e. The van der Waals surface area contributed by atoms with Gasteiger partial charge < -0.3 is 4.98 Å². The Hall–Kier alpha value is -2.34. The summed E-state index contributed by atoms with van der Waals surface area (Å²) in [6.45, 7) is 0.930. The van der Waals surface area contributed by atoms with E-state index in [9.17, 15) is 9.59 Å². The summed E-state index contributed by atoms with van der Waals surface area (Å²) >= 11 is 0. The fourth-order valence-corrected chi connectivity index (χ4v) is 2.89. The van der Waals surface area contributed by atoms with Crippen molar-refractivity contribution in [1.29, 1.82) is 0 Å². The highest BCUT2D eigenvalue weighted by molar-refractivity contribution is 5.43. The number of nitrogens with one attached hydrogen (secondary N) is 2. The maximum Gasteiger partial charge on any atom is 0.325 e. The molecule has 2 aromatic rings. The molecule has 1 aliphatic rings. The van der Waals surface area contributed by atoms with Gasteiger partial charge in [-0.1, -0.05) is 31.0 Å². The first-order chi connectivity index (χ1) is 11.2. The van der Waals surface area contributed by atoms with Gasteiger partial charge in [0, 0.05) is 6.20 Å². The van der Waals surface area contributed by atoms with E-state index in [2.05, 4.69) is 9.97 Å². The fraction of sp³-hybridized carbons (Fsp3) is 0.412. The summed E-state index contributed by atoms with van der Waals surface area (Å²) in [5, 5.41) is 1.72. The van der Waals surface area contributed by atoms with Crippen molar-refractivity contribution in [2.24, 2.45) is 5.92 Å². The van der Waals surface area contributed by atoms with Crippen LogP contribution in [-0.4, -0.2) is 16.6 Å². The predicted octanol–water partition coefficient (Wildman–Crippen LogP) is 2.19. The second-order valence-electron chi connectivity index (χ2n) is 5.92. The highest BCUT2D eigenvalue weighted by Crippen LogP contribution is 2.26. The molecule has 0 bridgehead atoms. The Labute approximate surface area is 134 Å². The third-order valence-corrected chi connectivity index (χ3v) is 4.20. The number of aromatic nitrogens is 2. The van der Waals surface area contributed by atoms with E-state index in [1.165, 1.54) is 31.9 Å². The van der Waals surface area contributed by atoms with Crippen molar-refractivity contribution < 1.29 is 4.84 Å². The lowest BCUT2D eigenvalue weighted by Crippen LogP contribution is -2.31. The number of rotatable bonds is 6. The lowest BCUT2D eigenvalue weighted by molar-refractivity contribution is 0.0750. The van der Waals surface area contributed by atoms with Crippen LogP contribution < -0.4 is 16.3 Å². The Bertz CT molecular complexity index is 732. The SMILES string of the molecule is O=c1[nH]cc(CN(OCC2CCCC2)c2ccccc2)c(=O)[nH]1. The number of hydrogen-bond donors (Lipinski definition) is 2. The topological polar surface area (TPSA) is 78.2 Å². The van der Waals surface area contributed by atoms with Crippen LogP contribution in [0.3, 0.4) is 0 Å². The molecule has 1 aromatic carbocycles. The zero-order valence-corrected chi connectivity index (χ0v) is 13.0. The fourth-order valence-electron chi connectivity index (χ4n) is 2.89. The first-order valence-electron chi connectivity index (χ1n) is 7.99. The molecule has 1 aromatic heterocycles. The second-order valence-corrected chi connectivity index (χ2v) is 5.92. The van der Waals surface area contributed by atoms with Crippen molar-refractivity contribution in [2.45, 2.75) is 32.2 Å². The predicted molar refractivity (Wildman–Crippen MR) is 88.2 cm³/mol. The summed E-state index contributed by atoms with van der Waals surface area (Å²) in [6.07, 6.45) is 6.36. The van der Waals surface area contributed by atoms with E-state index in [0.717, 1.165) is 5.69 Å². The number of H-pyrrole nitrogens is 2. The van der Waals surface area contributed by atoms with Crippen molar-refractivity contribution in [3.63, 3.8) is 0 Å². The Morgan fingerprint density at radius 1 is 1.13 bits per heavy atom. The standard InChI is InChI=1S/C17H21N3O3/c21-16-14(10-18-17(22)19-16)11-20(15-8-2-1-3-9-15)23-12-13-6-4-5-7-13/h1-3,8-10,13H,4-7,11-12H2,(H2,18,19,21,22). The average molecular weight is 315 g/mol. The minimum absolute atomic E-state index is 0.281. The largest absolute Gasteiger partial charge is 0.325 e. The van der Waals surface area contributed by atoms with Crippen molar-refractivity contribution >= 4 is 5.69 Å². The maximum absolute atomic E-state index is 11.9. The van der Waals surface area contributed by atoms with Crippen molar-refractivity contribution in [1.82, 2.24) is 9.97 Å². The minimum Gasteiger partial charge on any atom is -0.314 e. The molecule has 6 heteroatoms. The molecule has 0 unspecified atom stereocenters. The van der Waals surface area contributed by atoms with Gasteiger partial charge in [-0.15, -0.1) is 0 Å². The van der Waals surface area contributed by atoms with Crippen molar-refractivity contribution in [2.75, 3.05) is 11.7 Å². The Kier molecular flexibility index (Phi) is 4.92. The summed E-state index contributed by atoms with van der Waals surface area (Å²) < 4.78 is 0. The lowest BCUT2D eigenvalue weighted by Gasteiger charge is -2.25. The molecule has 1 fully saturated rings. The molecule has 0 atom stereocenters. The van der Waals surface area contributed by atoms with Crippen LogP contribution in [-0.2, 0) is 11.4 Å². The van der Waals surface area contributed by atoms with Crippen LogP contribution in [0.5, 0.6) is 0 Å². The number of para-hydroxylation sites is 1. The molecule has 23 heavy (non-hydrogen) atoms. The summed E-state index contributed by atoms with van der Waals surface area (Å²) in [7, 11) is 0. The third-order valence-electron chi connectivity index (χ3n) is 4.20. The summed E-state index contributed by atoms with van der Waals surface area (Å²) in [6, 6.07) is 9.67. The van der Waals surface area contributed by atoms with Crippen LogP contribution in [0, 0.1) is 5.92 Å². The molecular formula is C17H21N3O3. The lowest BCUT2D eigenvalue weighted by atomic mass is 10.1. The quantitative estimate of drug-likeness (QED) is 0.801. The zero-order chi connectivity index (χ0) is 16.1. The highest BCUT2D eigenvalue weighted by Gasteiger charge is 2.18. The van der Waals surface area contributed by atoms with Gasteiger partial charge in [-0.3, -0.25) is 14.6 Å². The number of benzene rings is 1. The first-order valence-corrected chi connectivity index (χ1v) is 7.99. The summed E-state index contributed by atoms with van der Waals surface area (Å²) in [4.78, 5) is 33.8. The van der Waals surface area contributed by atoms with Crippen LogP contribution in [0.4, 0.5) is 5.69 Å². The monoisotopic (exact) mass is 315 g/mol. The zero-order valence-electron chi connectivity index (χ0n) is 13.0. The maximum atomic E-state index is 11.9. The van der Waals surface area contributed by atoms with Gasteiger partial charge in [0.25, 0.3) is 5.56 Å². The van der Waals surface area contributed by atoms with Gasteiger partial charge in [0.2, 0.25) is 0 Å². The van der Waals surface area contributed by atoms with Gasteiger partial charge in [-0.05, 0) is 30.9 Å². The van der Waals surface area contributed by atoms with Gasteiger partial charge in [0.15, 0.2) is 0 Å². The number of hydroxylamine groups is 1. The minimum atomic E-state index is -0.503. The van der Waals surface area contributed by atoms with E-state index in [1.807, 2.05) is 30.3 Å². The Balaban J connectivity index is 1.76. The molecule has 3 rings (SSSR count). The molecule has 122 valence electrons. The molecule has 1 saturated carbocycles. The normalized spacial score (nSPS) is 15.0. The van der Waals surface area contributed by atoms with Gasteiger partial charge in [0.05, 0.1) is 24.4 Å². The van der Waals surface area contributed by atoms with E-state index in [-0.39, 0.29) is 12.1 Å². The van der Waals surface area contributed by atoms with Crippen LogP contribution in [0.1, 0.15) is 31.2 Å². The molecule has 1 heterocycles. The molecular weight excluding hydrogens is 294 g/mol. The highest BCUT2D eigenvalue weighted by atomic mass is 16.7. The van der Waals surface area contributed by atoms with Crippen LogP contribution in [0.2, 0.25) is 0 Å². The Morgan fingerprint density at radius 2 is 1.87 bits per heavy atom. The molecule has 0 amide bonds. The molecule has 6 nitrogen and oxygen atoms in total. The van der Waals surface area contributed by atoms with Crippen LogP contribution in [0.15, 0.2) is 46.1 Å². The van der Waals surface area contributed by atoms with Crippen molar-refractivity contribution in [3.8, 4) is 0 Å². The third kappa shape index (κ3) is 4.10. The molecule has 1 aliphatic carbocycles. The van der Waals surface area contributed by atoms with E-state index in [0.29, 0.717) is 18.1 Å². The van der Waals surface area contributed by atoms with Crippen LogP contribution >= 0.6 is 0 Å². The molecule has 0 spiro atoms. The van der Waals surface area contributed by atoms with Crippen LogP contribution in [0.25, 0.3) is 0 Å². The van der Waals surface area contributed by atoms with E-state index >= 15 is 0 Å². The number of hydrogen-bond acceptors (Lipinski definition) is 4. The molecule has 0 aliphatic heterocycles.